The second-order valence-corrected chi connectivity index (χ2v) is 5.36. The van der Waals surface area contributed by atoms with E-state index in [1.54, 1.807) is 11.3 Å². The number of thiophene rings is 1. The molecule has 0 bridgehead atoms. The van der Waals surface area contributed by atoms with Crippen LogP contribution in [0.1, 0.15) is 29.8 Å². The molecule has 0 aliphatic rings. The number of nitrogens with one attached hydrogen (secondary N) is 1. The molecule has 100 valence electrons. The Morgan fingerprint density at radius 1 is 1.26 bits per heavy atom. The van der Waals surface area contributed by atoms with E-state index in [-0.39, 0.29) is 11.9 Å². The van der Waals surface area contributed by atoms with Crippen molar-refractivity contribution in [3.8, 4) is 0 Å². The lowest BCUT2D eigenvalue weighted by Crippen LogP contribution is -2.41. The molecule has 19 heavy (non-hydrogen) atoms. The molecule has 3 N–H and O–H groups in total. The van der Waals surface area contributed by atoms with Crippen molar-refractivity contribution in [1.29, 1.82) is 0 Å². The van der Waals surface area contributed by atoms with Gasteiger partial charge in [0, 0.05) is 4.88 Å². The number of hydrogen-bond donors (Lipinski definition) is 2. The highest BCUT2D eigenvalue weighted by Gasteiger charge is 2.20. The molecule has 3 nitrogen and oxygen atoms in total. The van der Waals surface area contributed by atoms with Gasteiger partial charge in [0.1, 0.15) is 0 Å². The second-order valence-electron chi connectivity index (χ2n) is 4.38. The highest BCUT2D eigenvalue weighted by atomic mass is 32.1. The molecular weight excluding hydrogens is 256 g/mol. The average molecular weight is 274 g/mol. The Kier molecular flexibility index (Phi) is 4.71. The van der Waals surface area contributed by atoms with Gasteiger partial charge in [-0.05, 0) is 23.4 Å². The van der Waals surface area contributed by atoms with Gasteiger partial charge in [0.25, 0.3) is 0 Å². The Bertz CT molecular complexity index is 510. The van der Waals surface area contributed by atoms with Gasteiger partial charge in [0.15, 0.2) is 0 Å². The fraction of sp³-hybridized carbons (Fsp3) is 0.267. The fourth-order valence-corrected chi connectivity index (χ4v) is 2.66. The van der Waals surface area contributed by atoms with Gasteiger partial charge in [-0.1, -0.05) is 43.3 Å². The molecule has 0 fully saturated rings. The Hall–Kier alpha value is -1.65. The summed E-state index contributed by atoms with van der Waals surface area (Å²) in [5, 5.41) is 5.04. The first-order chi connectivity index (χ1) is 9.22. The van der Waals surface area contributed by atoms with Gasteiger partial charge in [-0.15, -0.1) is 11.3 Å². The van der Waals surface area contributed by atoms with Gasteiger partial charge in [-0.3, -0.25) is 4.79 Å². The van der Waals surface area contributed by atoms with Crippen molar-refractivity contribution in [2.45, 2.75) is 25.4 Å². The smallest absolute Gasteiger partial charge is 0.237 e. The molecule has 2 aromatic rings. The molecule has 0 aliphatic heterocycles. The summed E-state index contributed by atoms with van der Waals surface area (Å²) in [6, 6.07) is 13.4. The van der Waals surface area contributed by atoms with Crippen LogP contribution in [0.15, 0.2) is 47.8 Å². The fourth-order valence-electron chi connectivity index (χ4n) is 1.85. The van der Waals surface area contributed by atoms with Crippen LogP contribution in [-0.4, -0.2) is 11.9 Å². The number of hydrogen-bond acceptors (Lipinski definition) is 3. The number of carbonyl (C=O) groups is 1. The minimum absolute atomic E-state index is 0.107. The molecule has 2 atom stereocenters. The van der Waals surface area contributed by atoms with E-state index in [0.29, 0.717) is 6.42 Å². The van der Waals surface area contributed by atoms with Crippen molar-refractivity contribution in [1.82, 2.24) is 5.32 Å². The third-order valence-corrected chi connectivity index (χ3v) is 3.96. The minimum Gasteiger partial charge on any atom is -0.343 e. The molecule has 0 spiro atoms. The Labute approximate surface area is 117 Å². The Morgan fingerprint density at radius 2 is 2.00 bits per heavy atom. The molecule has 0 aliphatic carbocycles. The lowest BCUT2D eigenvalue weighted by molar-refractivity contribution is -0.122. The Morgan fingerprint density at radius 3 is 2.58 bits per heavy atom. The van der Waals surface area contributed by atoms with Crippen molar-refractivity contribution < 1.29 is 4.79 Å². The van der Waals surface area contributed by atoms with Crippen LogP contribution in [0.4, 0.5) is 0 Å². The van der Waals surface area contributed by atoms with Crippen molar-refractivity contribution >= 4 is 17.2 Å². The lowest BCUT2D eigenvalue weighted by atomic mass is 10.0. The van der Waals surface area contributed by atoms with E-state index >= 15 is 0 Å². The maximum atomic E-state index is 12.0. The van der Waals surface area contributed by atoms with Gasteiger partial charge >= 0.3 is 0 Å². The van der Waals surface area contributed by atoms with E-state index in [1.165, 1.54) is 0 Å². The van der Waals surface area contributed by atoms with Crippen molar-refractivity contribution in [2.24, 2.45) is 5.73 Å². The summed E-state index contributed by atoms with van der Waals surface area (Å²) < 4.78 is 0. The largest absolute Gasteiger partial charge is 0.343 e. The molecule has 2 unspecified atom stereocenters. The first-order valence-corrected chi connectivity index (χ1v) is 7.24. The summed E-state index contributed by atoms with van der Waals surface area (Å²) in [6.07, 6.45) is 0.637. The second kappa shape index (κ2) is 6.50. The molecule has 1 aromatic heterocycles. The maximum absolute atomic E-state index is 12.0. The first-order valence-electron chi connectivity index (χ1n) is 6.36. The third kappa shape index (κ3) is 3.43. The quantitative estimate of drug-likeness (QED) is 0.880. The van der Waals surface area contributed by atoms with E-state index in [1.807, 2.05) is 54.8 Å². The van der Waals surface area contributed by atoms with Crippen molar-refractivity contribution in [3.05, 3.63) is 58.3 Å². The molecule has 0 saturated heterocycles. The molecule has 2 rings (SSSR count). The standard InChI is InChI=1S/C15H18N2OS/c1-2-12(16)15(18)17-14(13-9-6-10-19-13)11-7-4-3-5-8-11/h3-10,12,14H,2,16H2,1H3,(H,17,18). The zero-order chi connectivity index (χ0) is 13.7. The molecule has 1 aromatic carbocycles. The number of nitrogens with two attached hydrogens (primary N) is 1. The average Bonchev–Trinajstić information content (AvgIpc) is 2.98. The highest BCUT2D eigenvalue weighted by Crippen LogP contribution is 2.25. The lowest BCUT2D eigenvalue weighted by Gasteiger charge is -2.20. The summed E-state index contributed by atoms with van der Waals surface area (Å²) in [7, 11) is 0. The topological polar surface area (TPSA) is 55.1 Å². The van der Waals surface area contributed by atoms with E-state index in [2.05, 4.69) is 5.32 Å². The third-order valence-electron chi connectivity index (χ3n) is 3.02. The van der Waals surface area contributed by atoms with Crippen LogP contribution < -0.4 is 11.1 Å². The van der Waals surface area contributed by atoms with Crippen LogP contribution in [0.2, 0.25) is 0 Å². The first kappa shape index (κ1) is 13.8. The summed E-state index contributed by atoms with van der Waals surface area (Å²) in [5.41, 5.74) is 6.86. The van der Waals surface area contributed by atoms with Gasteiger partial charge < -0.3 is 11.1 Å². The zero-order valence-electron chi connectivity index (χ0n) is 10.9. The van der Waals surface area contributed by atoms with E-state index < -0.39 is 6.04 Å². The molecule has 0 radical (unpaired) electrons. The van der Waals surface area contributed by atoms with E-state index in [9.17, 15) is 4.79 Å². The van der Waals surface area contributed by atoms with Gasteiger partial charge in [-0.2, -0.15) is 0 Å². The van der Waals surface area contributed by atoms with Crippen LogP contribution in [0, 0.1) is 0 Å². The van der Waals surface area contributed by atoms with Crippen LogP contribution in [0.25, 0.3) is 0 Å². The van der Waals surface area contributed by atoms with Crippen molar-refractivity contribution in [2.75, 3.05) is 0 Å². The number of rotatable bonds is 5. The van der Waals surface area contributed by atoms with Gasteiger partial charge in [0.05, 0.1) is 12.1 Å². The van der Waals surface area contributed by atoms with E-state index in [4.69, 9.17) is 5.73 Å². The molecule has 1 heterocycles. The maximum Gasteiger partial charge on any atom is 0.237 e. The molecule has 0 saturated carbocycles. The molecule has 4 heteroatoms. The zero-order valence-corrected chi connectivity index (χ0v) is 11.7. The minimum atomic E-state index is -0.453. The highest BCUT2D eigenvalue weighted by molar-refractivity contribution is 7.10. The number of benzene rings is 1. The summed E-state index contributed by atoms with van der Waals surface area (Å²) in [6.45, 7) is 1.91. The normalized spacial score (nSPS) is 13.8. The summed E-state index contributed by atoms with van der Waals surface area (Å²) >= 11 is 1.63. The summed E-state index contributed by atoms with van der Waals surface area (Å²) in [5.74, 6) is -0.107. The van der Waals surface area contributed by atoms with Crippen LogP contribution in [-0.2, 0) is 4.79 Å². The van der Waals surface area contributed by atoms with Crippen molar-refractivity contribution in [3.63, 3.8) is 0 Å². The van der Waals surface area contributed by atoms with Gasteiger partial charge in [-0.25, -0.2) is 0 Å². The van der Waals surface area contributed by atoms with Crippen LogP contribution in [0.3, 0.4) is 0 Å². The SMILES string of the molecule is CCC(N)C(=O)NC(c1ccccc1)c1cccs1. The monoisotopic (exact) mass is 274 g/mol. The predicted molar refractivity (Wildman–Crippen MR) is 79.0 cm³/mol. The molecular formula is C15H18N2OS. The number of carbonyl (C=O) groups excluding carboxylic acids is 1. The Balaban J connectivity index is 2.24. The van der Waals surface area contributed by atoms with Crippen LogP contribution >= 0.6 is 11.3 Å². The van der Waals surface area contributed by atoms with E-state index in [0.717, 1.165) is 10.4 Å². The van der Waals surface area contributed by atoms with Gasteiger partial charge in [0.2, 0.25) is 5.91 Å². The number of amides is 1. The summed E-state index contributed by atoms with van der Waals surface area (Å²) in [4.78, 5) is 13.1. The molecule has 1 amide bonds. The van der Waals surface area contributed by atoms with Crippen LogP contribution in [0.5, 0.6) is 0 Å². The predicted octanol–water partition coefficient (Wildman–Crippen LogP) is 2.69.